The normalized spacial score (nSPS) is 10.2. The van der Waals surface area contributed by atoms with Crippen LogP contribution >= 0.6 is 0 Å². The van der Waals surface area contributed by atoms with Gasteiger partial charge in [-0.2, -0.15) is 4.98 Å². The second-order valence-corrected chi connectivity index (χ2v) is 5.41. The molecule has 7 nitrogen and oxygen atoms in total. The molecule has 0 aliphatic heterocycles. The van der Waals surface area contributed by atoms with Gasteiger partial charge >= 0.3 is 0 Å². The van der Waals surface area contributed by atoms with Crippen molar-refractivity contribution in [3.8, 4) is 17.2 Å². The predicted octanol–water partition coefficient (Wildman–Crippen LogP) is 4.13. The summed E-state index contributed by atoms with van der Waals surface area (Å²) in [4.78, 5) is 8.53. The van der Waals surface area contributed by atoms with E-state index in [1.54, 1.807) is 42.6 Å². The minimum atomic E-state index is -0.366. The summed E-state index contributed by atoms with van der Waals surface area (Å²) in [5.41, 5.74) is 0.975. The highest BCUT2D eigenvalue weighted by atomic mass is 19.1. The van der Waals surface area contributed by atoms with Gasteiger partial charge in [-0.25, -0.2) is 9.37 Å². The average Bonchev–Trinajstić information content (AvgIpc) is 2.69. The fourth-order valence-corrected chi connectivity index (χ4v) is 2.47. The minimum Gasteiger partial charge on any atom is -0.493 e. The monoisotopic (exact) mass is 370 g/mol. The third-order valence-corrected chi connectivity index (χ3v) is 3.71. The number of hydrogen-bond donors (Lipinski definition) is 2. The van der Waals surface area contributed by atoms with E-state index in [2.05, 4.69) is 20.6 Å². The van der Waals surface area contributed by atoms with Gasteiger partial charge in [-0.1, -0.05) is 12.1 Å². The molecule has 2 aromatic carbocycles. The molecule has 3 aromatic rings. The maximum Gasteiger partial charge on any atom is 0.229 e. The third kappa shape index (κ3) is 4.17. The second-order valence-electron chi connectivity index (χ2n) is 5.41. The molecule has 0 aliphatic rings. The Balaban J connectivity index is 1.85. The van der Waals surface area contributed by atoms with Gasteiger partial charge in [0.2, 0.25) is 11.7 Å². The quantitative estimate of drug-likeness (QED) is 0.647. The summed E-state index contributed by atoms with van der Waals surface area (Å²) < 4.78 is 29.8. The van der Waals surface area contributed by atoms with Gasteiger partial charge in [0.1, 0.15) is 11.6 Å². The van der Waals surface area contributed by atoms with Gasteiger partial charge in [-0.15, -0.1) is 0 Å². The highest BCUT2D eigenvalue weighted by molar-refractivity contribution is 5.66. The molecular formula is C19H19FN4O3. The Morgan fingerprint density at radius 2 is 1.59 bits per heavy atom. The molecule has 0 bridgehead atoms. The Labute approximate surface area is 156 Å². The molecule has 27 heavy (non-hydrogen) atoms. The van der Waals surface area contributed by atoms with Gasteiger partial charge in [-0.3, -0.25) is 0 Å². The van der Waals surface area contributed by atoms with E-state index < -0.39 is 0 Å². The summed E-state index contributed by atoms with van der Waals surface area (Å²) in [5.74, 6) is 1.90. The highest BCUT2D eigenvalue weighted by Crippen LogP contribution is 2.40. The van der Waals surface area contributed by atoms with Crippen molar-refractivity contribution in [2.24, 2.45) is 0 Å². The van der Waals surface area contributed by atoms with Gasteiger partial charge in [0, 0.05) is 24.0 Å². The van der Waals surface area contributed by atoms with E-state index in [4.69, 9.17) is 14.2 Å². The first kappa shape index (κ1) is 18.2. The molecule has 3 rings (SSSR count). The fourth-order valence-electron chi connectivity index (χ4n) is 2.47. The van der Waals surface area contributed by atoms with Crippen molar-refractivity contribution < 1.29 is 18.6 Å². The number of anilines is 4. The molecule has 8 heteroatoms. The van der Waals surface area contributed by atoms with Crippen LogP contribution in [-0.2, 0) is 0 Å². The molecule has 0 aliphatic carbocycles. The molecule has 0 amide bonds. The van der Waals surface area contributed by atoms with Crippen LogP contribution in [0.3, 0.4) is 0 Å². The molecule has 0 saturated carbocycles. The molecule has 0 atom stereocenters. The van der Waals surface area contributed by atoms with Crippen molar-refractivity contribution in [2.75, 3.05) is 32.0 Å². The Bertz CT molecular complexity index is 911. The Morgan fingerprint density at radius 1 is 0.889 bits per heavy atom. The number of nitrogens with one attached hydrogen (secondary N) is 2. The van der Waals surface area contributed by atoms with Gasteiger partial charge in [-0.05, 0) is 18.2 Å². The van der Waals surface area contributed by atoms with E-state index in [-0.39, 0.29) is 5.82 Å². The molecule has 140 valence electrons. The van der Waals surface area contributed by atoms with Gasteiger partial charge < -0.3 is 24.8 Å². The maximum absolute atomic E-state index is 13.8. The maximum atomic E-state index is 13.8. The Morgan fingerprint density at radius 3 is 2.22 bits per heavy atom. The summed E-state index contributed by atoms with van der Waals surface area (Å²) in [6, 6.07) is 11.5. The lowest BCUT2D eigenvalue weighted by Crippen LogP contribution is -2.02. The van der Waals surface area contributed by atoms with E-state index in [9.17, 15) is 4.39 Å². The third-order valence-electron chi connectivity index (χ3n) is 3.71. The molecule has 0 fully saturated rings. The largest absolute Gasteiger partial charge is 0.493 e. The number of para-hydroxylation sites is 1. The summed E-state index contributed by atoms with van der Waals surface area (Å²) in [6.45, 7) is 0. The number of rotatable bonds is 7. The lowest BCUT2D eigenvalue weighted by atomic mass is 10.2. The number of halogens is 1. The second kappa shape index (κ2) is 8.22. The number of nitrogens with zero attached hydrogens (tertiary/aromatic N) is 2. The average molecular weight is 370 g/mol. The van der Waals surface area contributed by atoms with Crippen LogP contribution in [0.25, 0.3) is 0 Å². The predicted molar refractivity (Wildman–Crippen MR) is 101 cm³/mol. The number of ether oxygens (including phenoxy) is 3. The van der Waals surface area contributed by atoms with Crippen LogP contribution in [0.1, 0.15) is 0 Å². The first-order chi connectivity index (χ1) is 13.1. The van der Waals surface area contributed by atoms with Crippen LogP contribution in [-0.4, -0.2) is 31.3 Å². The lowest BCUT2D eigenvalue weighted by Gasteiger charge is -2.15. The van der Waals surface area contributed by atoms with E-state index in [0.717, 1.165) is 0 Å². The molecule has 2 N–H and O–H groups in total. The smallest absolute Gasteiger partial charge is 0.229 e. The van der Waals surface area contributed by atoms with Gasteiger partial charge in [0.25, 0.3) is 0 Å². The summed E-state index contributed by atoms with van der Waals surface area (Å²) in [5, 5.41) is 6.00. The Hall–Kier alpha value is -3.55. The highest BCUT2D eigenvalue weighted by Gasteiger charge is 2.14. The molecule has 1 aromatic heterocycles. The van der Waals surface area contributed by atoms with Crippen LogP contribution in [0.15, 0.2) is 48.7 Å². The van der Waals surface area contributed by atoms with Crippen molar-refractivity contribution in [2.45, 2.75) is 0 Å². The molecule has 0 unspecified atom stereocenters. The molecule has 1 heterocycles. The zero-order valence-electron chi connectivity index (χ0n) is 15.1. The van der Waals surface area contributed by atoms with E-state index >= 15 is 0 Å². The van der Waals surface area contributed by atoms with E-state index in [1.165, 1.54) is 27.4 Å². The van der Waals surface area contributed by atoms with Gasteiger partial charge in [0.05, 0.1) is 27.0 Å². The van der Waals surface area contributed by atoms with Crippen molar-refractivity contribution in [3.63, 3.8) is 0 Å². The lowest BCUT2D eigenvalue weighted by molar-refractivity contribution is 0.324. The summed E-state index contributed by atoms with van der Waals surface area (Å²) >= 11 is 0. The van der Waals surface area contributed by atoms with Crippen molar-refractivity contribution in [3.05, 3.63) is 54.5 Å². The zero-order chi connectivity index (χ0) is 19.2. The summed E-state index contributed by atoms with van der Waals surface area (Å²) in [7, 11) is 4.61. The minimum absolute atomic E-state index is 0.325. The first-order valence-electron chi connectivity index (χ1n) is 8.06. The molecule has 0 spiro atoms. The van der Waals surface area contributed by atoms with Crippen molar-refractivity contribution in [1.29, 1.82) is 0 Å². The van der Waals surface area contributed by atoms with E-state index in [0.29, 0.717) is 40.4 Å². The Kier molecular flexibility index (Phi) is 5.55. The van der Waals surface area contributed by atoms with Crippen LogP contribution in [0, 0.1) is 5.82 Å². The van der Waals surface area contributed by atoms with Crippen LogP contribution < -0.4 is 24.8 Å². The fraction of sp³-hybridized carbons (Fsp3) is 0.158. The van der Waals surface area contributed by atoms with Gasteiger partial charge in [0.15, 0.2) is 11.5 Å². The van der Waals surface area contributed by atoms with Crippen LogP contribution in [0.2, 0.25) is 0 Å². The molecular weight excluding hydrogens is 351 g/mol. The summed E-state index contributed by atoms with van der Waals surface area (Å²) in [6.07, 6.45) is 1.57. The molecule has 0 saturated heterocycles. The van der Waals surface area contributed by atoms with E-state index in [1.807, 2.05) is 0 Å². The molecule has 0 radical (unpaired) electrons. The SMILES string of the molecule is COc1cc(Nc2nccc(Nc3ccccc3F)n2)cc(OC)c1OC. The van der Waals surface area contributed by atoms with Crippen LogP contribution in [0.4, 0.5) is 27.5 Å². The number of methoxy groups -OCH3 is 3. The number of hydrogen-bond acceptors (Lipinski definition) is 7. The zero-order valence-corrected chi connectivity index (χ0v) is 15.1. The number of aromatic nitrogens is 2. The topological polar surface area (TPSA) is 77.5 Å². The van der Waals surface area contributed by atoms with Crippen molar-refractivity contribution in [1.82, 2.24) is 9.97 Å². The van der Waals surface area contributed by atoms with Crippen molar-refractivity contribution >= 4 is 23.1 Å². The first-order valence-corrected chi connectivity index (χ1v) is 8.06. The van der Waals surface area contributed by atoms with Crippen LogP contribution in [0.5, 0.6) is 17.2 Å². The number of benzene rings is 2. The standard InChI is InChI=1S/C19H19FN4O3/c1-25-15-10-12(11-16(26-2)18(15)27-3)22-19-21-9-8-17(24-19)23-14-7-5-4-6-13(14)20/h4-11H,1-3H3,(H2,21,22,23,24).